The summed E-state index contributed by atoms with van der Waals surface area (Å²) in [5, 5.41) is 3.02. The monoisotopic (exact) mass is 433 g/mol. The molecule has 0 aliphatic carbocycles. The number of rotatable bonds is 5. The first-order chi connectivity index (χ1) is 15.3. The minimum atomic E-state index is -0.868. The van der Waals surface area contributed by atoms with Gasteiger partial charge < -0.3 is 10.2 Å². The largest absolute Gasteiger partial charge is 0.378 e. The summed E-state index contributed by atoms with van der Waals surface area (Å²) < 4.78 is 28.3. The normalized spacial score (nSPS) is 13.7. The molecule has 1 aliphatic rings. The second-order valence-electron chi connectivity index (χ2n) is 7.72. The van der Waals surface area contributed by atoms with Crippen molar-refractivity contribution in [2.45, 2.75) is 6.92 Å². The highest BCUT2D eigenvalue weighted by Gasteiger charge is 2.41. The van der Waals surface area contributed by atoms with Gasteiger partial charge in [0.05, 0.1) is 11.3 Å². The zero-order valence-electron chi connectivity index (χ0n) is 17.8. The van der Waals surface area contributed by atoms with Crippen molar-refractivity contribution in [2.24, 2.45) is 0 Å². The first-order valence-corrected chi connectivity index (χ1v) is 9.96. The van der Waals surface area contributed by atoms with E-state index < -0.39 is 29.1 Å². The number of carbonyl (C=O) groups is 2. The molecule has 7 heteroatoms. The number of carbonyl (C=O) groups excluding carboxylic acids is 2. The molecule has 0 unspecified atom stereocenters. The molecule has 1 N–H and O–H groups in total. The van der Waals surface area contributed by atoms with Gasteiger partial charge in [-0.05, 0) is 48.9 Å². The van der Waals surface area contributed by atoms with Crippen LogP contribution < -0.4 is 15.1 Å². The van der Waals surface area contributed by atoms with Crippen LogP contribution in [0, 0.1) is 18.6 Å². The zero-order chi connectivity index (χ0) is 23.0. The molecule has 32 heavy (non-hydrogen) atoms. The number of nitrogens with zero attached hydrogens (tertiary/aromatic N) is 2. The number of hydrogen-bond acceptors (Lipinski definition) is 4. The lowest BCUT2D eigenvalue weighted by Gasteiger charge is -2.16. The third kappa shape index (κ3) is 3.85. The molecule has 0 spiro atoms. The zero-order valence-corrected chi connectivity index (χ0v) is 17.8. The van der Waals surface area contributed by atoms with E-state index in [1.54, 1.807) is 24.3 Å². The van der Waals surface area contributed by atoms with Crippen LogP contribution in [0.15, 0.2) is 72.4 Å². The molecule has 0 aromatic heterocycles. The van der Waals surface area contributed by atoms with Crippen molar-refractivity contribution < 1.29 is 18.4 Å². The van der Waals surface area contributed by atoms with Crippen LogP contribution in [0.4, 0.5) is 25.8 Å². The van der Waals surface area contributed by atoms with Gasteiger partial charge in [0.25, 0.3) is 11.8 Å². The van der Waals surface area contributed by atoms with Crippen molar-refractivity contribution >= 4 is 34.4 Å². The highest BCUT2D eigenvalue weighted by atomic mass is 19.1. The van der Waals surface area contributed by atoms with Crippen molar-refractivity contribution in [3.05, 3.63) is 95.2 Å². The average molecular weight is 433 g/mol. The van der Waals surface area contributed by atoms with Crippen LogP contribution in [0.2, 0.25) is 0 Å². The first-order valence-electron chi connectivity index (χ1n) is 9.96. The summed E-state index contributed by atoms with van der Waals surface area (Å²) in [6.45, 7) is 1.90. The molecule has 0 atom stereocenters. The van der Waals surface area contributed by atoms with Gasteiger partial charge in [-0.25, -0.2) is 13.7 Å². The Morgan fingerprint density at radius 3 is 2.12 bits per heavy atom. The van der Waals surface area contributed by atoms with Crippen molar-refractivity contribution in [3.8, 4) is 0 Å². The molecular weight excluding hydrogens is 412 g/mol. The quantitative estimate of drug-likeness (QED) is 0.591. The lowest BCUT2D eigenvalue weighted by Crippen LogP contribution is -2.33. The van der Waals surface area contributed by atoms with Gasteiger partial charge in [-0.3, -0.25) is 9.59 Å². The van der Waals surface area contributed by atoms with Crippen LogP contribution in [-0.4, -0.2) is 25.9 Å². The SMILES string of the molecule is Cc1ccc(C2=C(Nc3ccc(N(C)C)cc3)C(=O)N(c3cc(F)ccc3F)C2=O)cc1. The van der Waals surface area contributed by atoms with Gasteiger partial charge in [0, 0.05) is 31.5 Å². The Hall–Kier alpha value is -4.00. The molecule has 1 heterocycles. The van der Waals surface area contributed by atoms with Gasteiger partial charge in [0.2, 0.25) is 0 Å². The topological polar surface area (TPSA) is 52.7 Å². The van der Waals surface area contributed by atoms with E-state index in [-0.39, 0.29) is 11.3 Å². The molecule has 162 valence electrons. The van der Waals surface area contributed by atoms with Gasteiger partial charge in [-0.15, -0.1) is 0 Å². The summed E-state index contributed by atoms with van der Waals surface area (Å²) in [4.78, 5) is 29.2. The number of anilines is 3. The Labute approximate surface area is 184 Å². The second kappa shape index (κ2) is 8.26. The Morgan fingerprint density at radius 2 is 1.50 bits per heavy atom. The number of nitrogens with one attached hydrogen (secondary N) is 1. The van der Waals surface area contributed by atoms with E-state index in [1.165, 1.54) is 0 Å². The van der Waals surface area contributed by atoms with E-state index in [0.717, 1.165) is 29.4 Å². The van der Waals surface area contributed by atoms with Crippen molar-refractivity contribution in [1.82, 2.24) is 0 Å². The molecule has 4 rings (SSSR count). The molecule has 0 fully saturated rings. The smallest absolute Gasteiger partial charge is 0.282 e. The maximum absolute atomic E-state index is 14.5. The fraction of sp³-hybridized carbons (Fsp3) is 0.120. The maximum atomic E-state index is 14.5. The van der Waals surface area contributed by atoms with Crippen molar-refractivity contribution in [2.75, 3.05) is 29.2 Å². The average Bonchev–Trinajstić information content (AvgIpc) is 3.00. The Morgan fingerprint density at radius 1 is 0.844 bits per heavy atom. The van der Waals surface area contributed by atoms with E-state index in [9.17, 15) is 18.4 Å². The lowest BCUT2D eigenvalue weighted by molar-refractivity contribution is -0.120. The molecule has 3 aromatic carbocycles. The van der Waals surface area contributed by atoms with E-state index in [2.05, 4.69) is 5.32 Å². The summed E-state index contributed by atoms with van der Waals surface area (Å²) in [6.07, 6.45) is 0. The molecule has 0 saturated heterocycles. The molecule has 0 radical (unpaired) electrons. The number of benzene rings is 3. The number of halogens is 2. The van der Waals surface area contributed by atoms with Crippen LogP contribution in [0.5, 0.6) is 0 Å². The highest BCUT2D eigenvalue weighted by Crippen LogP contribution is 2.35. The third-order valence-electron chi connectivity index (χ3n) is 5.23. The summed E-state index contributed by atoms with van der Waals surface area (Å²) >= 11 is 0. The lowest BCUT2D eigenvalue weighted by atomic mass is 10.0. The standard InChI is InChI=1S/C25H21F2N3O2/c1-15-4-6-16(7-5-15)22-23(28-18-9-11-19(12-10-18)29(2)3)25(32)30(24(22)31)21-14-17(26)8-13-20(21)27/h4-14,28H,1-3H3. The van der Waals surface area contributed by atoms with Crippen molar-refractivity contribution in [1.29, 1.82) is 0 Å². The minimum Gasteiger partial charge on any atom is -0.378 e. The number of hydrogen-bond donors (Lipinski definition) is 1. The van der Waals surface area contributed by atoms with Gasteiger partial charge in [-0.2, -0.15) is 0 Å². The summed E-state index contributed by atoms with van der Waals surface area (Å²) in [7, 11) is 3.82. The predicted octanol–water partition coefficient (Wildman–Crippen LogP) is 4.74. The molecule has 0 saturated carbocycles. The van der Waals surface area contributed by atoms with Gasteiger partial charge >= 0.3 is 0 Å². The summed E-state index contributed by atoms with van der Waals surface area (Å²) in [5.41, 5.74) is 2.69. The van der Waals surface area contributed by atoms with Crippen LogP contribution >= 0.6 is 0 Å². The third-order valence-corrected chi connectivity index (χ3v) is 5.23. The Kier molecular flexibility index (Phi) is 5.48. The van der Waals surface area contributed by atoms with Crippen LogP contribution in [0.3, 0.4) is 0 Å². The number of aryl methyl sites for hydroxylation is 1. The van der Waals surface area contributed by atoms with E-state index in [4.69, 9.17) is 0 Å². The van der Waals surface area contributed by atoms with E-state index in [0.29, 0.717) is 16.2 Å². The molecule has 1 aliphatic heterocycles. The minimum absolute atomic E-state index is 0.000109. The maximum Gasteiger partial charge on any atom is 0.282 e. The fourth-order valence-corrected chi connectivity index (χ4v) is 3.50. The Balaban J connectivity index is 1.81. The fourth-order valence-electron chi connectivity index (χ4n) is 3.50. The molecule has 0 bridgehead atoms. The number of amides is 2. The molecule has 3 aromatic rings. The highest BCUT2D eigenvalue weighted by molar-refractivity contribution is 6.46. The summed E-state index contributed by atoms with van der Waals surface area (Å²) in [5.74, 6) is -3.10. The number of imide groups is 1. The predicted molar refractivity (Wildman–Crippen MR) is 121 cm³/mol. The van der Waals surface area contributed by atoms with Gasteiger partial charge in [-0.1, -0.05) is 29.8 Å². The van der Waals surface area contributed by atoms with Crippen LogP contribution in [0.25, 0.3) is 5.57 Å². The summed E-state index contributed by atoms with van der Waals surface area (Å²) in [6, 6.07) is 17.0. The van der Waals surface area contributed by atoms with Crippen LogP contribution in [-0.2, 0) is 9.59 Å². The second-order valence-corrected chi connectivity index (χ2v) is 7.72. The molecular formula is C25H21F2N3O2. The van der Waals surface area contributed by atoms with E-state index >= 15 is 0 Å². The van der Waals surface area contributed by atoms with Crippen molar-refractivity contribution in [3.63, 3.8) is 0 Å². The first kappa shape index (κ1) is 21.2. The Bertz CT molecular complexity index is 1230. The molecule has 2 amide bonds. The van der Waals surface area contributed by atoms with Gasteiger partial charge in [0.15, 0.2) is 0 Å². The van der Waals surface area contributed by atoms with Gasteiger partial charge in [0.1, 0.15) is 17.3 Å². The van der Waals surface area contributed by atoms with E-state index in [1.807, 2.05) is 50.2 Å². The molecule has 5 nitrogen and oxygen atoms in total. The van der Waals surface area contributed by atoms with Crippen LogP contribution in [0.1, 0.15) is 11.1 Å².